The van der Waals surface area contributed by atoms with Gasteiger partial charge in [-0.15, -0.1) is 11.3 Å². The molecule has 0 aliphatic carbocycles. The van der Waals surface area contributed by atoms with Crippen LogP contribution in [0.1, 0.15) is 18.2 Å². The van der Waals surface area contributed by atoms with Crippen LogP contribution in [0.3, 0.4) is 0 Å². The zero-order chi connectivity index (χ0) is 23.1. The van der Waals surface area contributed by atoms with Crippen LogP contribution in [0.15, 0.2) is 47.8 Å². The zero-order valence-electron chi connectivity index (χ0n) is 18.1. The summed E-state index contributed by atoms with van der Waals surface area (Å²) < 4.78 is 31.2. The Kier molecular flexibility index (Phi) is 7.70. The van der Waals surface area contributed by atoms with Gasteiger partial charge in [0.2, 0.25) is 10.0 Å². The predicted molar refractivity (Wildman–Crippen MR) is 129 cm³/mol. The molecule has 0 atom stereocenters. The highest BCUT2D eigenvalue weighted by Crippen LogP contribution is 2.29. The van der Waals surface area contributed by atoms with Crippen LogP contribution >= 0.6 is 11.3 Å². The van der Waals surface area contributed by atoms with Gasteiger partial charge in [0, 0.05) is 35.7 Å². The molecule has 2 amide bonds. The van der Waals surface area contributed by atoms with Crippen molar-refractivity contribution in [3.63, 3.8) is 0 Å². The topological polar surface area (TPSA) is 109 Å². The second kappa shape index (κ2) is 10.5. The smallest absolute Gasteiger partial charge is 0.319 e. The molecule has 0 unspecified atom stereocenters. The molecule has 0 spiro atoms. The molecule has 8 nitrogen and oxygen atoms in total. The summed E-state index contributed by atoms with van der Waals surface area (Å²) in [4.78, 5) is 16.9. The van der Waals surface area contributed by atoms with Crippen LogP contribution in [-0.2, 0) is 16.4 Å². The molecule has 3 aromatic rings. The number of nitrogens with zero attached hydrogens (tertiary/aromatic N) is 1. The molecule has 0 fully saturated rings. The number of carbonyl (C=O) groups is 1. The number of methoxy groups -OCH3 is 1. The fourth-order valence-electron chi connectivity index (χ4n) is 2.82. The minimum atomic E-state index is -3.43. The van der Waals surface area contributed by atoms with Gasteiger partial charge in [-0.1, -0.05) is 29.8 Å². The Morgan fingerprint density at radius 1 is 1.16 bits per heavy atom. The number of nitrogens with one attached hydrogen (secondary N) is 3. The van der Waals surface area contributed by atoms with Crippen LogP contribution in [0.4, 0.5) is 16.2 Å². The summed E-state index contributed by atoms with van der Waals surface area (Å²) in [5.41, 5.74) is 3.99. The minimum Gasteiger partial charge on any atom is -0.494 e. The summed E-state index contributed by atoms with van der Waals surface area (Å²) in [5.74, 6) is 0.260. The van der Waals surface area contributed by atoms with Crippen molar-refractivity contribution in [2.75, 3.05) is 29.4 Å². The Hall–Kier alpha value is -3.11. The standard InChI is InChI=1S/C22H26N4O4S2/c1-4-32(28,29)26-19-10-9-17(13-20(19)30-3)25-22(27)23-12-11-18-14-31-21(24-18)16-7-5-15(2)6-8-16/h5-10,13-14,26H,4,11-12H2,1-3H3,(H2,23,25,27). The number of sulfonamides is 1. The van der Waals surface area contributed by atoms with Gasteiger partial charge in [-0.05, 0) is 26.0 Å². The van der Waals surface area contributed by atoms with E-state index < -0.39 is 10.0 Å². The third kappa shape index (κ3) is 6.44. The van der Waals surface area contributed by atoms with Crippen LogP contribution in [0.5, 0.6) is 5.75 Å². The average molecular weight is 475 g/mol. The molecule has 0 saturated heterocycles. The second-order valence-corrected chi connectivity index (χ2v) is 9.93. The quantitative estimate of drug-likeness (QED) is 0.429. The molecule has 3 N–H and O–H groups in total. The largest absolute Gasteiger partial charge is 0.494 e. The Bertz CT molecular complexity index is 1170. The molecular weight excluding hydrogens is 448 g/mol. The maximum absolute atomic E-state index is 12.2. The van der Waals surface area contributed by atoms with Crippen molar-refractivity contribution in [1.29, 1.82) is 0 Å². The van der Waals surface area contributed by atoms with Crippen molar-refractivity contribution >= 4 is 38.8 Å². The summed E-state index contributed by atoms with van der Waals surface area (Å²) in [6, 6.07) is 12.6. The lowest BCUT2D eigenvalue weighted by molar-refractivity contribution is 0.252. The first-order chi connectivity index (χ1) is 15.3. The number of aryl methyl sites for hydroxylation is 1. The van der Waals surface area contributed by atoms with E-state index in [2.05, 4.69) is 44.6 Å². The lowest BCUT2D eigenvalue weighted by Crippen LogP contribution is -2.30. The van der Waals surface area contributed by atoms with Crippen LogP contribution in [-0.4, -0.2) is 38.8 Å². The van der Waals surface area contributed by atoms with Gasteiger partial charge >= 0.3 is 6.03 Å². The Balaban J connectivity index is 1.52. The summed E-state index contributed by atoms with van der Waals surface area (Å²) in [5, 5.41) is 8.47. The van der Waals surface area contributed by atoms with Crippen molar-refractivity contribution in [1.82, 2.24) is 10.3 Å². The van der Waals surface area contributed by atoms with E-state index in [0.717, 1.165) is 16.3 Å². The summed E-state index contributed by atoms with van der Waals surface area (Å²) in [6.45, 7) is 4.02. The van der Waals surface area contributed by atoms with Gasteiger partial charge in [0.15, 0.2) is 0 Å². The lowest BCUT2D eigenvalue weighted by atomic mass is 10.2. The molecule has 0 bridgehead atoms. The normalized spacial score (nSPS) is 11.1. The first-order valence-electron chi connectivity index (χ1n) is 10.0. The Morgan fingerprint density at radius 2 is 1.91 bits per heavy atom. The second-order valence-electron chi connectivity index (χ2n) is 7.06. The molecule has 32 heavy (non-hydrogen) atoms. The Morgan fingerprint density at radius 3 is 2.59 bits per heavy atom. The van der Waals surface area contributed by atoms with Crippen molar-refractivity contribution < 1.29 is 17.9 Å². The van der Waals surface area contributed by atoms with Crippen LogP contribution in [0, 0.1) is 6.92 Å². The van der Waals surface area contributed by atoms with E-state index in [4.69, 9.17) is 4.74 Å². The summed E-state index contributed by atoms with van der Waals surface area (Å²) >= 11 is 1.58. The summed E-state index contributed by atoms with van der Waals surface area (Å²) in [6.07, 6.45) is 0.608. The SMILES string of the molecule is CCS(=O)(=O)Nc1ccc(NC(=O)NCCc2csc(-c3ccc(C)cc3)n2)cc1OC. The number of amides is 2. The Labute approximate surface area is 192 Å². The molecular formula is C22H26N4O4S2. The van der Waals surface area contributed by atoms with Crippen molar-refractivity contribution in [2.45, 2.75) is 20.3 Å². The van der Waals surface area contributed by atoms with E-state index in [-0.39, 0.29) is 11.8 Å². The minimum absolute atomic E-state index is 0.0515. The third-order valence-electron chi connectivity index (χ3n) is 4.62. The number of aromatic nitrogens is 1. The van der Waals surface area contributed by atoms with E-state index >= 15 is 0 Å². The highest BCUT2D eigenvalue weighted by atomic mass is 32.2. The fourth-order valence-corrected chi connectivity index (χ4v) is 4.33. The number of thiazole rings is 1. The molecule has 0 aliphatic heterocycles. The van der Waals surface area contributed by atoms with E-state index in [1.807, 2.05) is 12.3 Å². The highest BCUT2D eigenvalue weighted by Gasteiger charge is 2.13. The van der Waals surface area contributed by atoms with Gasteiger partial charge in [0.25, 0.3) is 0 Å². The first kappa shape index (κ1) is 23.6. The van der Waals surface area contributed by atoms with Crippen molar-refractivity contribution in [2.24, 2.45) is 0 Å². The van der Waals surface area contributed by atoms with Gasteiger partial charge in [-0.3, -0.25) is 4.72 Å². The van der Waals surface area contributed by atoms with Crippen molar-refractivity contribution in [3.05, 3.63) is 59.1 Å². The molecule has 0 aliphatic rings. The molecule has 2 aromatic carbocycles. The predicted octanol–water partition coefficient (Wildman–Crippen LogP) is 4.25. The molecule has 1 heterocycles. The number of ether oxygens (including phenoxy) is 1. The number of rotatable bonds is 9. The van der Waals surface area contributed by atoms with E-state index in [0.29, 0.717) is 30.1 Å². The van der Waals surface area contributed by atoms with Crippen molar-refractivity contribution in [3.8, 4) is 16.3 Å². The molecule has 1 aromatic heterocycles. The zero-order valence-corrected chi connectivity index (χ0v) is 19.8. The maximum Gasteiger partial charge on any atom is 0.319 e. The third-order valence-corrected chi connectivity index (χ3v) is 6.85. The fraction of sp³-hybridized carbons (Fsp3) is 0.273. The molecule has 0 radical (unpaired) electrons. The number of carbonyl (C=O) groups excluding carboxylic acids is 1. The number of anilines is 2. The molecule has 3 rings (SSSR count). The number of urea groups is 1. The van der Waals surface area contributed by atoms with Crippen LogP contribution in [0.2, 0.25) is 0 Å². The number of hydrogen-bond donors (Lipinski definition) is 3. The van der Waals surface area contributed by atoms with Gasteiger partial charge in [0.1, 0.15) is 10.8 Å². The van der Waals surface area contributed by atoms with Gasteiger partial charge < -0.3 is 15.4 Å². The number of benzene rings is 2. The van der Waals surface area contributed by atoms with Gasteiger partial charge in [-0.2, -0.15) is 0 Å². The average Bonchev–Trinajstić information content (AvgIpc) is 3.24. The van der Waals surface area contributed by atoms with E-state index in [1.165, 1.54) is 12.7 Å². The molecule has 0 saturated carbocycles. The van der Waals surface area contributed by atoms with E-state index in [9.17, 15) is 13.2 Å². The lowest BCUT2D eigenvalue weighted by Gasteiger charge is -2.13. The monoisotopic (exact) mass is 474 g/mol. The van der Waals surface area contributed by atoms with Crippen LogP contribution in [0.25, 0.3) is 10.6 Å². The van der Waals surface area contributed by atoms with Gasteiger partial charge in [-0.25, -0.2) is 18.2 Å². The highest BCUT2D eigenvalue weighted by molar-refractivity contribution is 7.92. The van der Waals surface area contributed by atoms with E-state index in [1.54, 1.807) is 36.5 Å². The maximum atomic E-state index is 12.2. The summed E-state index contributed by atoms with van der Waals surface area (Å²) in [7, 11) is -2.00. The first-order valence-corrected chi connectivity index (χ1v) is 12.6. The number of hydrogen-bond acceptors (Lipinski definition) is 6. The van der Waals surface area contributed by atoms with Gasteiger partial charge in [0.05, 0.1) is 24.2 Å². The molecule has 170 valence electrons. The van der Waals surface area contributed by atoms with Crippen LogP contribution < -0.4 is 20.1 Å². The molecule has 10 heteroatoms.